The average Bonchev–Trinajstić information content (AvgIpc) is 4.13. The van der Waals surface area contributed by atoms with Gasteiger partial charge >= 0.3 is 24.2 Å². The predicted molar refractivity (Wildman–Crippen MR) is 265 cm³/mol. The second-order valence-corrected chi connectivity index (χ2v) is 21.0. The van der Waals surface area contributed by atoms with Gasteiger partial charge in [-0.1, -0.05) is 46.0 Å². The third-order valence-corrected chi connectivity index (χ3v) is 15.4. The maximum absolute atomic E-state index is 14.5. The number of ether oxygens (including phenoxy) is 7. The number of hydrogen-bond donors (Lipinski definition) is 4. The lowest BCUT2D eigenvalue weighted by Crippen LogP contribution is -2.61. The second kappa shape index (κ2) is 24.0. The summed E-state index contributed by atoms with van der Waals surface area (Å²) >= 11 is 0. The topological polar surface area (TPSA) is 232 Å². The van der Waals surface area contributed by atoms with E-state index in [0.29, 0.717) is 36.6 Å². The first-order valence-corrected chi connectivity index (χ1v) is 25.5. The molecule has 4 aliphatic rings. The second-order valence-electron chi connectivity index (χ2n) is 21.0. The molecule has 0 bridgehead atoms. The number of nitrogens with one attached hydrogen (secondary N) is 2. The van der Waals surface area contributed by atoms with Gasteiger partial charge in [0, 0.05) is 67.2 Å². The van der Waals surface area contributed by atoms with Crippen LogP contribution in [0.1, 0.15) is 135 Å². The molecule has 1 saturated carbocycles. The van der Waals surface area contributed by atoms with Crippen LogP contribution >= 0.6 is 0 Å². The van der Waals surface area contributed by atoms with Crippen LogP contribution in [0.15, 0.2) is 29.2 Å². The van der Waals surface area contributed by atoms with Crippen molar-refractivity contribution in [2.75, 3.05) is 34.9 Å². The molecule has 4 fully saturated rings. The molecule has 72 heavy (non-hydrogen) atoms. The fourth-order valence-corrected chi connectivity index (χ4v) is 11.2. The molecule has 400 valence electrons. The average molecular weight is 1010 g/mol. The number of alkyl carbamates (subject to hydrolysis) is 1. The molecule has 1 aliphatic carbocycles. The number of aliphatic hydroxyl groups excluding tert-OH is 1. The number of nitrogens with zero attached hydrogens (tertiary/aromatic N) is 2. The number of aromatic carboxylic acids is 1. The highest BCUT2D eigenvalue weighted by Gasteiger charge is 2.59. The lowest BCUT2D eigenvalue weighted by molar-refractivity contribution is -0.301. The molecule has 19 nitrogen and oxygen atoms in total. The summed E-state index contributed by atoms with van der Waals surface area (Å²) in [7, 11) is 6.83. The quantitative estimate of drug-likeness (QED) is 0.0501. The van der Waals surface area contributed by atoms with Gasteiger partial charge in [0.25, 0.3) is 0 Å². The molecule has 3 saturated heterocycles. The summed E-state index contributed by atoms with van der Waals surface area (Å²) in [6.07, 6.45) is -1.10. The van der Waals surface area contributed by atoms with Crippen LogP contribution in [0, 0.1) is 35.5 Å². The Morgan fingerprint density at radius 2 is 1.72 bits per heavy atom. The minimum absolute atomic E-state index is 0.158. The number of esters is 1. The Bertz CT molecular complexity index is 2360. The van der Waals surface area contributed by atoms with Crippen LogP contribution in [-0.2, 0) is 42.8 Å². The molecule has 15 atom stereocenters. The van der Waals surface area contributed by atoms with Crippen molar-refractivity contribution in [3.8, 4) is 11.8 Å². The van der Waals surface area contributed by atoms with Gasteiger partial charge in [-0.2, -0.15) is 5.48 Å². The number of pyridine rings is 1. The molecule has 6 rings (SSSR count). The van der Waals surface area contributed by atoms with E-state index in [4.69, 9.17) is 38.0 Å². The number of cyclic esters (lactones) is 1. The summed E-state index contributed by atoms with van der Waals surface area (Å²) in [4.78, 5) is 73.5. The number of carboxylic acids is 1. The van der Waals surface area contributed by atoms with Crippen molar-refractivity contribution in [1.82, 2.24) is 20.3 Å². The van der Waals surface area contributed by atoms with Gasteiger partial charge < -0.3 is 63.0 Å². The van der Waals surface area contributed by atoms with E-state index in [1.807, 2.05) is 71.2 Å². The van der Waals surface area contributed by atoms with E-state index in [9.17, 15) is 34.2 Å². The molecule has 0 spiro atoms. The number of likely N-dealkylation sites (N-methyl/N-ethyl adjacent to an activating group) is 1. The molecule has 1 unspecified atom stereocenters. The van der Waals surface area contributed by atoms with Gasteiger partial charge in [-0.25, -0.2) is 14.4 Å². The zero-order valence-electron chi connectivity index (χ0n) is 44.1. The minimum Gasteiger partial charge on any atom is -0.477 e. The molecule has 4 heterocycles. The molecule has 1 aromatic carbocycles. The van der Waals surface area contributed by atoms with E-state index in [2.05, 4.69) is 22.6 Å². The fraction of sp³-hybridized carbons (Fsp3) is 0.717. The lowest BCUT2D eigenvalue weighted by atomic mass is 9.72. The zero-order chi connectivity index (χ0) is 52.8. The number of hydrogen-bond acceptors (Lipinski definition) is 16. The van der Waals surface area contributed by atoms with Gasteiger partial charge in [0.05, 0.1) is 36.4 Å². The number of aliphatic hydroxyl groups is 1. The molecule has 3 aliphatic heterocycles. The number of fused-ring (bicyclic) bond motifs is 2. The van der Waals surface area contributed by atoms with Crippen LogP contribution in [0.4, 0.5) is 9.59 Å². The van der Waals surface area contributed by atoms with Crippen molar-refractivity contribution in [2.45, 2.75) is 185 Å². The number of benzene rings is 1. The maximum Gasteiger partial charge on any atom is 0.509 e. The van der Waals surface area contributed by atoms with E-state index in [-0.39, 0.29) is 42.6 Å². The normalized spacial score (nSPS) is 34.4. The molecule has 4 N–H and O–H groups in total. The van der Waals surface area contributed by atoms with Crippen molar-refractivity contribution in [3.05, 3.63) is 45.7 Å². The first kappa shape index (κ1) is 56.5. The molecule has 2 aromatic rings. The van der Waals surface area contributed by atoms with Gasteiger partial charge in [0.1, 0.15) is 23.9 Å². The van der Waals surface area contributed by atoms with Crippen molar-refractivity contribution in [2.24, 2.45) is 23.7 Å². The lowest BCUT2D eigenvalue weighted by Gasteiger charge is -2.49. The fourth-order valence-electron chi connectivity index (χ4n) is 11.2. The first-order valence-electron chi connectivity index (χ1n) is 25.5. The Balaban J connectivity index is 1.21. The molecular weight excluding hydrogens is 933 g/mol. The Kier molecular flexibility index (Phi) is 18.9. The first-order chi connectivity index (χ1) is 34.1. The van der Waals surface area contributed by atoms with Gasteiger partial charge in [0.15, 0.2) is 18.0 Å². The smallest absolute Gasteiger partial charge is 0.477 e. The zero-order valence-corrected chi connectivity index (χ0v) is 44.1. The SMILES string of the molecule is CC[C@H]1OC(=O)[C@H](C)[C@@H](OC(=O)NCCCCCC#Cc2ccc3c(=O)c(C(=O)O)cn(C4CC4)c3c2)[C@H](C)[C@@H](O[C@@H]2O[C@H](C)C[C@H](N(C)C)[C@H]2O)[C@](C)(OC)C[C@@H](C)C(NOC)[C@H](C)[C@H]2OC(=O)O[C@@]21C. The summed E-state index contributed by atoms with van der Waals surface area (Å²) in [5.74, 6) is 1.79. The van der Waals surface area contributed by atoms with Gasteiger partial charge in [-0.05, 0) is 111 Å². The van der Waals surface area contributed by atoms with Crippen LogP contribution in [0.2, 0.25) is 0 Å². The van der Waals surface area contributed by atoms with Crippen LogP contribution in [-0.4, -0.2) is 145 Å². The summed E-state index contributed by atoms with van der Waals surface area (Å²) in [6.45, 7) is 14.9. The number of unbranched alkanes of at least 4 members (excludes halogenated alkanes) is 3. The summed E-state index contributed by atoms with van der Waals surface area (Å²) in [5, 5.41) is 24.6. The van der Waals surface area contributed by atoms with Crippen LogP contribution in [0.3, 0.4) is 0 Å². The minimum atomic E-state index is -1.40. The number of rotatable bonds is 15. The van der Waals surface area contributed by atoms with Crippen LogP contribution in [0.25, 0.3) is 10.9 Å². The van der Waals surface area contributed by atoms with Gasteiger partial charge in [-0.15, -0.1) is 0 Å². The van der Waals surface area contributed by atoms with Crippen molar-refractivity contribution >= 4 is 35.1 Å². The van der Waals surface area contributed by atoms with E-state index < -0.39 is 101 Å². The number of amides is 1. The Labute approximate surface area is 423 Å². The number of carbonyl (C=O) groups is 4. The van der Waals surface area contributed by atoms with E-state index in [1.54, 1.807) is 33.1 Å². The Morgan fingerprint density at radius 3 is 2.36 bits per heavy atom. The standard InChI is InChI=1S/C53H78N4O15/c1-13-40-53(8)46(71-51(64)72-53)31(4)41(55-66-12)29(2)27-52(7,65-11)45(70-49-43(59)39(56(9)10)25-30(3)67-49)32(5)44(33(6)48(62)68-40)69-50(63)54-24-18-16-14-15-17-19-34-20-23-36-38(26-34)57(35-21-22-35)28-37(42(36)58)47(60)61/h20,23,26,28-33,35,39-41,43-46,49,55,59H,13-16,18,21-22,24-25,27H2,1-12H3,(H,54,63)(H,60,61)/t29-,30-,31+,32+,33-,39+,40-,41?,43-,44+,45-,46-,49+,52-,53-/m1/s1. The number of hydroxylamine groups is 1. The summed E-state index contributed by atoms with van der Waals surface area (Å²) < 4.78 is 45.8. The van der Waals surface area contributed by atoms with Crippen LogP contribution in [0.5, 0.6) is 0 Å². The highest BCUT2D eigenvalue weighted by molar-refractivity contribution is 5.93. The van der Waals surface area contributed by atoms with E-state index >= 15 is 0 Å². The number of aromatic nitrogens is 1. The largest absolute Gasteiger partial charge is 0.509 e. The summed E-state index contributed by atoms with van der Waals surface area (Å²) in [5.41, 5.74) is 1.16. The third-order valence-electron chi connectivity index (χ3n) is 15.4. The Morgan fingerprint density at radius 1 is 1.00 bits per heavy atom. The number of carboxylic acid groups (broad SMARTS) is 1. The third kappa shape index (κ3) is 12.6. The number of carbonyl (C=O) groups excluding carboxylic acids is 3. The van der Waals surface area contributed by atoms with Gasteiger partial charge in [-0.3, -0.25) is 9.59 Å². The molecule has 1 aromatic heterocycles. The van der Waals surface area contributed by atoms with E-state index in [1.165, 1.54) is 13.3 Å². The molecular formula is C53H78N4O15. The Hall–Kier alpha value is -4.81. The molecule has 1 amide bonds. The van der Waals surface area contributed by atoms with Crippen molar-refractivity contribution in [1.29, 1.82) is 0 Å². The van der Waals surface area contributed by atoms with Crippen molar-refractivity contribution < 1.29 is 67.4 Å². The highest BCUT2D eigenvalue weighted by atomic mass is 16.8. The van der Waals surface area contributed by atoms with Gasteiger partial charge in [0.2, 0.25) is 5.43 Å². The van der Waals surface area contributed by atoms with E-state index in [0.717, 1.165) is 31.2 Å². The molecule has 19 heteroatoms. The summed E-state index contributed by atoms with van der Waals surface area (Å²) in [6, 6.07) is 4.58. The maximum atomic E-state index is 14.5. The van der Waals surface area contributed by atoms with Crippen molar-refractivity contribution in [3.63, 3.8) is 0 Å². The predicted octanol–water partition coefficient (Wildman–Crippen LogP) is 6.34. The number of methoxy groups -OCH3 is 1. The monoisotopic (exact) mass is 1010 g/mol. The van der Waals surface area contributed by atoms with Crippen LogP contribution < -0.4 is 16.2 Å². The highest BCUT2D eigenvalue weighted by Crippen LogP contribution is 2.44. The molecule has 0 radical (unpaired) electrons.